The fraction of sp³-hybridized carbons (Fsp3) is 0.562. The van der Waals surface area contributed by atoms with Gasteiger partial charge in [0.1, 0.15) is 22.6 Å². The molecule has 1 aliphatic rings. The van der Waals surface area contributed by atoms with Crippen molar-refractivity contribution in [3.63, 3.8) is 0 Å². The first kappa shape index (κ1) is 16.6. The van der Waals surface area contributed by atoms with Crippen LogP contribution in [0.4, 0.5) is 5.69 Å². The molecule has 0 atom stereocenters. The van der Waals surface area contributed by atoms with E-state index in [1.54, 1.807) is 19.2 Å². The Bertz CT molecular complexity index is 552. The molecular weight excluding hydrogens is 286 g/mol. The van der Waals surface area contributed by atoms with Gasteiger partial charge in [0.15, 0.2) is 0 Å². The van der Waals surface area contributed by atoms with Crippen LogP contribution in [0.25, 0.3) is 0 Å². The van der Waals surface area contributed by atoms with Crippen LogP contribution >= 0.6 is 0 Å². The van der Waals surface area contributed by atoms with Crippen molar-refractivity contribution in [2.45, 2.75) is 45.3 Å². The molecule has 22 heavy (non-hydrogen) atoms. The molecule has 6 nitrogen and oxygen atoms in total. The number of hydrogen-bond donors (Lipinski definition) is 0. The summed E-state index contributed by atoms with van der Waals surface area (Å²) in [5, 5.41) is 1.36. The number of esters is 1. The summed E-state index contributed by atoms with van der Waals surface area (Å²) in [6, 6.07) is 5.39. The van der Waals surface area contributed by atoms with E-state index in [1.807, 2.05) is 33.8 Å². The summed E-state index contributed by atoms with van der Waals surface area (Å²) < 4.78 is 10.1. The lowest BCUT2D eigenvalue weighted by Gasteiger charge is -2.26. The normalized spacial score (nSPS) is 19.1. The van der Waals surface area contributed by atoms with Gasteiger partial charge in [-0.2, -0.15) is 0 Å². The molecule has 0 bridgehead atoms. The van der Waals surface area contributed by atoms with E-state index in [2.05, 4.69) is 0 Å². The van der Waals surface area contributed by atoms with Crippen molar-refractivity contribution < 1.29 is 23.9 Å². The Morgan fingerprint density at radius 1 is 1.14 bits per heavy atom. The van der Waals surface area contributed by atoms with Gasteiger partial charge in [-0.1, -0.05) is 6.07 Å². The molecule has 122 valence electrons. The summed E-state index contributed by atoms with van der Waals surface area (Å²) in [7, 11) is 2.94. The first-order valence-corrected chi connectivity index (χ1v) is 7.12. The average molecular weight is 309 g/mol. The molecular formula is C16H23NO5. The summed E-state index contributed by atoms with van der Waals surface area (Å²) >= 11 is 0. The number of carbonyl (C=O) groups excluding carboxylic acids is 1. The van der Waals surface area contributed by atoms with Crippen LogP contribution in [0.5, 0.6) is 5.75 Å². The van der Waals surface area contributed by atoms with Gasteiger partial charge in [0, 0.05) is 0 Å². The molecule has 6 heteroatoms. The van der Waals surface area contributed by atoms with Crippen LogP contribution in [-0.4, -0.2) is 31.4 Å². The first-order chi connectivity index (χ1) is 10.2. The van der Waals surface area contributed by atoms with Crippen LogP contribution in [0.1, 0.15) is 33.3 Å². The zero-order valence-electron chi connectivity index (χ0n) is 13.9. The molecule has 0 aliphatic carbocycles. The topological polar surface area (TPSA) is 57.2 Å². The van der Waals surface area contributed by atoms with Crippen molar-refractivity contribution in [1.29, 1.82) is 0 Å². The molecule has 1 fully saturated rings. The zero-order valence-corrected chi connectivity index (χ0v) is 13.9. The summed E-state index contributed by atoms with van der Waals surface area (Å²) in [4.78, 5) is 23.2. The van der Waals surface area contributed by atoms with E-state index >= 15 is 0 Å². The third kappa shape index (κ3) is 3.03. The Hall–Kier alpha value is -1.79. The smallest absolute Gasteiger partial charge is 0.309 e. The van der Waals surface area contributed by atoms with E-state index in [0.717, 1.165) is 5.56 Å². The highest BCUT2D eigenvalue weighted by Crippen LogP contribution is 2.42. The van der Waals surface area contributed by atoms with E-state index in [4.69, 9.17) is 19.1 Å². The summed E-state index contributed by atoms with van der Waals surface area (Å²) in [6.45, 7) is 7.82. The maximum Gasteiger partial charge on any atom is 0.309 e. The van der Waals surface area contributed by atoms with Crippen molar-refractivity contribution in [2.24, 2.45) is 0 Å². The van der Waals surface area contributed by atoms with E-state index in [9.17, 15) is 4.79 Å². The van der Waals surface area contributed by atoms with Crippen LogP contribution in [-0.2, 0) is 25.6 Å². The van der Waals surface area contributed by atoms with Gasteiger partial charge in [-0.15, -0.1) is 5.23 Å². The number of methoxy groups -OCH3 is 2. The molecule has 1 aliphatic heterocycles. The predicted octanol–water partition coefficient (Wildman–Crippen LogP) is 2.65. The average Bonchev–Trinajstić information content (AvgIpc) is 2.67. The highest BCUT2D eigenvalue weighted by molar-refractivity contribution is 5.73. The Morgan fingerprint density at radius 3 is 2.23 bits per heavy atom. The second-order valence-electron chi connectivity index (χ2n) is 6.22. The molecule has 0 radical (unpaired) electrons. The SMILES string of the molecule is COC(=O)Cc1ccc(OC)c(N2OC(C)(C)C(C)(C)O2)c1. The second kappa shape index (κ2) is 5.78. The third-order valence-corrected chi connectivity index (χ3v) is 4.09. The number of hydrogen-bond acceptors (Lipinski definition) is 6. The number of benzene rings is 1. The molecule has 0 spiro atoms. The van der Waals surface area contributed by atoms with Crippen LogP contribution in [0, 0.1) is 0 Å². The Kier molecular flexibility index (Phi) is 4.35. The molecule has 1 heterocycles. The number of carbonyl (C=O) groups is 1. The highest BCUT2D eigenvalue weighted by atomic mass is 17.0. The minimum atomic E-state index is -0.504. The largest absolute Gasteiger partial charge is 0.494 e. The van der Waals surface area contributed by atoms with Crippen molar-refractivity contribution in [2.75, 3.05) is 19.4 Å². The Balaban J connectivity index is 2.33. The first-order valence-electron chi connectivity index (χ1n) is 7.12. The molecule has 0 aromatic heterocycles. The van der Waals surface area contributed by atoms with Crippen LogP contribution in [0.15, 0.2) is 18.2 Å². The molecule has 0 amide bonds. The van der Waals surface area contributed by atoms with E-state index in [0.29, 0.717) is 11.4 Å². The lowest BCUT2D eigenvalue weighted by molar-refractivity contribution is -0.139. The third-order valence-electron chi connectivity index (χ3n) is 4.09. The van der Waals surface area contributed by atoms with E-state index in [1.165, 1.54) is 12.3 Å². The van der Waals surface area contributed by atoms with Gasteiger partial charge >= 0.3 is 5.97 Å². The number of ether oxygens (including phenoxy) is 2. The van der Waals surface area contributed by atoms with Gasteiger partial charge in [-0.05, 0) is 45.4 Å². The standard InChI is InChI=1S/C16H23NO5/c1-15(2)16(3,4)22-17(21-15)12-9-11(10-14(18)20-6)7-8-13(12)19-5/h7-9H,10H2,1-6H3. The lowest BCUT2D eigenvalue weighted by atomic mass is 9.90. The van der Waals surface area contributed by atoms with Crippen LogP contribution in [0.3, 0.4) is 0 Å². The molecule has 0 N–H and O–H groups in total. The van der Waals surface area contributed by atoms with Crippen molar-refractivity contribution >= 4 is 11.7 Å². The summed E-state index contributed by atoms with van der Waals surface area (Å²) in [5.74, 6) is 0.294. The van der Waals surface area contributed by atoms with E-state index < -0.39 is 11.2 Å². The number of rotatable bonds is 4. The fourth-order valence-corrected chi connectivity index (χ4v) is 1.98. The van der Waals surface area contributed by atoms with Crippen molar-refractivity contribution in [3.05, 3.63) is 23.8 Å². The molecule has 2 rings (SSSR count). The number of anilines is 1. The zero-order chi connectivity index (χ0) is 16.5. The molecule has 1 aromatic carbocycles. The minimum Gasteiger partial charge on any atom is -0.494 e. The summed E-state index contributed by atoms with van der Waals surface area (Å²) in [6.07, 6.45) is 0.175. The molecule has 0 saturated carbocycles. The van der Waals surface area contributed by atoms with Gasteiger partial charge in [0.25, 0.3) is 0 Å². The van der Waals surface area contributed by atoms with Gasteiger partial charge in [-0.3, -0.25) is 4.79 Å². The summed E-state index contributed by atoms with van der Waals surface area (Å²) in [5.41, 5.74) is 0.395. The second-order valence-corrected chi connectivity index (χ2v) is 6.22. The Labute approximate surface area is 130 Å². The van der Waals surface area contributed by atoms with E-state index in [-0.39, 0.29) is 12.4 Å². The minimum absolute atomic E-state index is 0.175. The quantitative estimate of drug-likeness (QED) is 0.797. The highest BCUT2D eigenvalue weighted by Gasteiger charge is 2.50. The van der Waals surface area contributed by atoms with Gasteiger partial charge in [0.05, 0.1) is 20.6 Å². The number of nitrogens with zero attached hydrogens (tertiary/aromatic N) is 1. The van der Waals surface area contributed by atoms with Crippen LogP contribution in [0.2, 0.25) is 0 Å². The fourth-order valence-electron chi connectivity index (χ4n) is 1.98. The maximum absolute atomic E-state index is 11.4. The van der Waals surface area contributed by atoms with Crippen molar-refractivity contribution in [3.8, 4) is 5.75 Å². The monoisotopic (exact) mass is 309 g/mol. The maximum atomic E-state index is 11.4. The van der Waals surface area contributed by atoms with Crippen molar-refractivity contribution in [1.82, 2.24) is 0 Å². The van der Waals surface area contributed by atoms with Gasteiger partial charge in [-0.25, -0.2) is 9.68 Å². The lowest BCUT2D eigenvalue weighted by Crippen LogP contribution is -2.41. The predicted molar refractivity (Wildman–Crippen MR) is 81.5 cm³/mol. The van der Waals surface area contributed by atoms with Crippen LogP contribution < -0.4 is 9.96 Å². The molecule has 0 unspecified atom stereocenters. The molecule has 1 saturated heterocycles. The Morgan fingerprint density at radius 2 is 1.73 bits per heavy atom. The molecule has 1 aromatic rings. The van der Waals surface area contributed by atoms with Gasteiger partial charge in [0.2, 0.25) is 0 Å². The van der Waals surface area contributed by atoms with Gasteiger partial charge < -0.3 is 9.47 Å².